The van der Waals surface area contributed by atoms with Gasteiger partial charge < -0.3 is 14.4 Å². The Bertz CT molecular complexity index is 1090. The summed E-state index contributed by atoms with van der Waals surface area (Å²) in [5.41, 5.74) is 2.27. The maximum Gasteiger partial charge on any atom is 0.196 e. The minimum Gasteiger partial charge on any atom is -0.450 e. The van der Waals surface area contributed by atoms with Crippen molar-refractivity contribution < 1.29 is 9.52 Å². The summed E-state index contributed by atoms with van der Waals surface area (Å²) >= 11 is 0. The molecule has 4 aromatic rings. The molecule has 5 rings (SSSR count). The number of aliphatic hydroxyl groups excluding tert-OH is 1. The summed E-state index contributed by atoms with van der Waals surface area (Å²) in [5, 5.41) is 25.0. The van der Waals surface area contributed by atoms with Crippen LogP contribution in [0.5, 0.6) is 0 Å². The summed E-state index contributed by atoms with van der Waals surface area (Å²) in [4.78, 5) is 11.4. The van der Waals surface area contributed by atoms with Crippen molar-refractivity contribution in [1.29, 1.82) is 0 Å². The van der Waals surface area contributed by atoms with Crippen LogP contribution in [0.15, 0.2) is 28.7 Å². The van der Waals surface area contributed by atoms with Crippen molar-refractivity contribution in [2.75, 3.05) is 18.1 Å². The molecular formula is C18H19N7O2. The molecule has 1 fully saturated rings. The number of hydrogen-bond donors (Lipinski definition) is 2. The molecule has 2 atom stereocenters. The van der Waals surface area contributed by atoms with Crippen molar-refractivity contribution in [1.82, 2.24) is 30.6 Å². The van der Waals surface area contributed by atoms with E-state index in [0.29, 0.717) is 17.3 Å². The lowest BCUT2D eigenvalue weighted by molar-refractivity contribution is 0.262. The van der Waals surface area contributed by atoms with E-state index in [1.165, 1.54) is 0 Å². The first kappa shape index (κ1) is 16.1. The zero-order valence-corrected chi connectivity index (χ0v) is 14.8. The molecule has 0 radical (unpaired) electrons. The number of rotatable bonds is 4. The van der Waals surface area contributed by atoms with Crippen molar-refractivity contribution >= 4 is 27.9 Å². The maximum absolute atomic E-state index is 9.96. The lowest BCUT2D eigenvalue weighted by Gasteiger charge is -2.24. The van der Waals surface area contributed by atoms with Crippen molar-refractivity contribution in [3.8, 4) is 0 Å². The number of tetrazole rings is 1. The lowest BCUT2D eigenvalue weighted by Crippen LogP contribution is -2.33. The Labute approximate surface area is 154 Å². The van der Waals surface area contributed by atoms with Crippen LogP contribution in [0.3, 0.4) is 0 Å². The molecule has 0 spiro atoms. The van der Waals surface area contributed by atoms with Gasteiger partial charge in [0.25, 0.3) is 0 Å². The SMILES string of the molecule is Cc1nc(N2CC(Cc3nnn[nH]3)CC2CO)c2oc3ccccc3c2n1. The number of anilines is 1. The van der Waals surface area contributed by atoms with Gasteiger partial charge in [-0.05, 0) is 41.8 Å². The Balaban J connectivity index is 1.57. The number of nitrogens with one attached hydrogen (secondary N) is 1. The van der Waals surface area contributed by atoms with E-state index >= 15 is 0 Å². The summed E-state index contributed by atoms with van der Waals surface area (Å²) < 4.78 is 6.10. The Morgan fingerprint density at radius 1 is 1.30 bits per heavy atom. The quantitative estimate of drug-likeness (QED) is 0.560. The van der Waals surface area contributed by atoms with Crippen molar-refractivity contribution in [2.45, 2.75) is 25.8 Å². The number of fused-ring (bicyclic) bond motifs is 3. The number of aromatic amines is 1. The molecule has 1 aliphatic rings. The van der Waals surface area contributed by atoms with Crippen LogP contribution in [0.1, 0.15) is 18.1 Å². The molecule has 1 saturated heterocycles. The van der Waals surface area contributed by atoms with Gasteiger partial charge in [0.2, 0.25) is 0 Å². The molecule has 9 nitrogen and oxygen atoms in total. The van der Waals surface area contributed by atoms with Crippen molar-refractivity contribution in [3.05, 3.63) is 35.9 Å². The third-order valence-corrected chi connectivity index (χ3v) is 5.17. The van der Waals surface area contributed by atoms with Crippen LogP contribution in [-0.4, -0.2) is 54.9 Å². The van der Waals surface area contributed by atoms with Gasteiger partial charge in [-0.15, -0.1) is 5.10 Å². The third kappa shape index (κ3) is 2.71. The summed E-state index contributed by atoms with van der Waals surface area (Å²) in [7, 11) is 0. The van der Waals surface area contributed by atoms with Gasteiger partial charge in [0.15, 0.2) is 11.4 Å². The van der Waals surface area contributed by atoms with Crippen LogP contribution in [0.2, 0.25) is 0 Å². The fraction of sp³-hybridized carbons (Fsp3) is 0.389. The number of furan rings is 1. The second-order valence-electron chi connectivity index (χ2n) is 7.01. The van der Waals surface area contributed by atoms with Gasteiger partial charge in [0.05, 0.1) is 12.6 Å². The summed E-state index contributed by atoms with van der Waals surface area (Å²) in [5.74, 6) is 2.49. The number of benzene rings is 1. The van der Waals surface area contributed by atoms with Gasteiger partial charge in [-0.3, -0.25) is 0 Å². The number of H-pyrrole nitrogens is 1. The second kappa shape index (κ2) is 6.27. The Kier molecular flexibility index (Phi) is 3.75. The molecule has 1 aliphatic heterocycles. The zero-order valence-electron chi connectivity index (χ0n) is 14.8. The van der Waals surface area contributed by atoms with Crippen LogP contribution in [-0.2, 0) is 6.42 Å². The summed E-state index contributed by atoms with van der Waals surface area (Å²) in [6.45, 7) is 2.68. The molecule has 0 amide bonds. The average molecular weight is 365 g/mol. The van der Waals surface area contributed by atoms with E-state index in [1.54, 1.807) is 0 Å². The van der Waals surface area contributed by atoms with Gasteiger partial charge >= 0.3 is 0 Å². The largest absolute Gasteiger partial charge is 0.450 e. The van der Waals surface area contributed by atoms with Crippen LogP contribution < -0.4 is 4.90 Å². The molecule has 9 heteroatoms. The number of nitrogens with zero attached hydrogens (tertiary/aromatic N) is 6. The molecule has 4 heterocycles. The molecule has 1 aromatic carbocycles. The maximum atomic E-state index is 9.96. The van der Waals surface area contributed by atoms with Gasteiger partial charge in [0.1, 0.15) is 22.7 Å². The Morgan fingerprint density at radius 2 is 2.19 bits per heavy atom. The molecule has 0 saturated carbocycles. The molecule has 0 bridgehead atoms. The van der Waals surface area contributed by atoms with E-state index in [4.69, 9.17) is 4.42 Å². The highest BCUT2D eigenvalue weighted by atomic mass is 16.3. The fourth-order valence-corrected chi connectivity index (χ4v) is 4.01. The summed E-state index contributed by atoms with van der Waals surface area (Å²) in [6, 6.07) is 7.82. The number of hydrogen-bond acceptors (Lipinski definition) is 8. The van der Waals surface area contributed by atoms with E-state index in [1.807, 2.05) is 31.2 Å². The molecule has 2 N–H and O–H groups in total. The standard InChI is InChI=1S/C18H19N7O2/c1-10-19-16-13-4-2-3-5-14(13)27-17(16)18(20-10)25-8-11(6-12(25)9-26)7-15-21-23-24-22-15/h2-5,11-12,26H,6-9H2,1H3,(H,21,22,23,24). The smallest absolute Gasteiger partial charge is 0.196 e. The van der Waals surface area contributed by atoms with Crippen LogP contribution >= 0.6 is 0 Å². The molecule has 0 aliphatic carbocycles. The summed E-state index contributed by atoms with van der Waals surface area (Å²) in [6.07, 6.45) is 1.56. The highest BCUT2D eigenvalue weighted by Crippen LogP contribution is 2.37. The van der Waals surface area contributed by atoms with E-state index in [2.05, 4.69) is 35.5 Å². The number of aliphatic hydroxyl groups is 1. The first-order valence-corrected chi connectivity index (χ1v) is 8.99. The van der Waals surface area contributed by atoms with E-state index in [-0.39, 0.29) is 12.6 Å². The first-order chi connectivity index (χ1) is 13.2. The monoisotopic (exact) mass is 365 g/mol. The van der Waals surface area contributed by atoms with Gasteiger partial charge in [-0.2, -0.15) is 0 Å². The van der Waals surface area contributed by atoms with Crippen LogP contribution in [0, 0.1) is 12.8 Å². The lowest BCUT2D eigenvalue weighted by atomic mass is 10.0. The molecule has 2 unspecified atom stereocenters. The molecule has 138 valence electrons. The fourth-order valence-electron chi connectivity index (χ4n) is 4.01. The Morgan fingerprint density at radius 3 is 3.00 bits per heavy atom. The van der Waals surface area contributed by atoms with Crippen molar-refractivity contribution in [2.24, 2.45) is 5.92 Å². The molecule has 27 heavy (non-hydrogen) atoms. The van der Waals surface area contributed by atoms with Crippen LogP contribution in [0.4, 0.5) is 5.82 Å². The molecule has 3 aromatic heterocycles. The van der Waals surface area contributed by atoms with Gasteiger partial charge in [-0.1, -0.05) is 12.1 Å². The number of aryl methyl sites for hydroxylation is 1. The van der Waals surface area contributed by atoms with Crippen LogP contribution in [0.25, 0.3) is 22.1 Å². The third-order valence-electron chi connectivity index (χ3n) is 5.17. The predicted molar refractivity (Wildman–Crippen MR) is 98.3 cm³/mol. The minimum atomic E-state index is -0.0309. The topological polar surface area (TPSA) is 117 Å². The average Bonchev–Trinajstić information content (AvgIpc) is 3.40. The second-order valence-corrected chi connectivity index (χ2v) is 7.01. The van der Waals surface area contributed by atoms with E-state index in [0.717, 1.165) is 47.5 Å². The number of para-hydroxylation sites is 1. The predicted octanol–water partition coefficient (Wildman–Crippen LogP) is 1.63. The minimum absolute atomic E-state index is 0.0309. The molecular weight excluding hydrogens is 346 g/mol. The normalized spacial score (nSPS) is 20.1. The number of aromatic nitrogens is 6. The van der Waals surface area contributed by atoms with Gasteiger partial charge in [0, 0.05) is 18.4 Å². The highest BCUT2D eigenvalue weighted by Gasteiger charge is 2.35. The van der Waals surface area contributed by atoms with Crippen molar-refractivity contribution in [3.63, 3.8) is 0 Å². The highest BCUT2D eigenvalue weighted by molar-refractivity contribution is 6.05. The van der Waals surface area contributed by atoms with Gasteiger partial charge in [-0.25, -0.2) is 15.1 Å². The van der Waals surface area contributed by atoms with E-state index in [9.17, 15) is 5.11 Å². The van der Waals surface area contributed by atoms with E-state index < -0.39 is 0 Å². The first-order valence-electron chi connectivity index (χ1n) is 8.99. The Hall–Kier alpha value is -3.07. The zero-order chi connectivity index (χ0) is 18.4.